The summed E-state index contributed by atoms with van der Waals surface area (Å²) in [5.41, 5.74) is 2.57. The van der Waals surface area contributed by atoms with Crippen molar-refractivity contribution in [3.63, 3.8) is 0 Å². The number of hydrogen-bond donors (Lipinski definition) is 1. The molecule has 1 aliphatic heterocycles. The molecular weight excluding hydrogens is 308 g/mol. The van der Waals surface area contributed by atoms with Crippen LogP contribution in [0.3, 0.4) is 0 Å². The number of ether oxygens (including phenoxy) is 1. The van der Waals surface area contributed by atoms with E-state index in [1.807, 2.05) is 12.1 Å². The molecule has 5 heteroatoms. The first kappa shape index (κ1) is 17.3. The van der Waals surface area contributed by atoms with Crippen molar-refractivity contribution in [2.24, 2.45) is 5.92 Å². The normalized spacial score (nSPS) is 18.4. The van der Waals surface area contributed by atoms with E-state index >= 15 is 0 Å². The molecule has 0 spiro atoms. The van der Waals surface area contributed by atoms with Crippen LogP contribution < -0.4 is 5.32 Å². The summed E-state index contributed by atoms with van der Waals surface area (Å²) in [6.07, 6.45) is 5.13. The van der Waals surface area contributed by atoms with Gasteiger partial charge in [-0.05, 0) is 49.0 Å². The summed E-state index contributed by atoms with van der Waals surface area (Å²) in [4.78, 5) is 12.7. The lowest BCUT2D eigenvalue weighted by molar-refractivity contribution is -0.115. The summed E-state index contributed by atoms with van der Waals surface area (Å²) in [6.45, 7) is 0.700. The summed E-state index contributed by atoms with van der Waals surface area (Å²) in [7, 11) is 1.68. The van der Waals surface area contributed by atoms with E-state index in [9.17, 15) is 4.79 Å². The van der Waals surface area contributed by atoms with Crippen molar-refractivity contribution < 1.29 is 9.53 Å². The first-order valence-electron chi connectivity index (χ1n) is 7.69. The lowest BCUT2D eigenvalue weighted by atomic mass is 9.90. The lowest BCUT2D eigenvalue weighted by Gasteiger charge is -2.22. The molecule has 0 aromatic heterocycles. The molecule has 1 aromatic rings. The number of nitriles is 1. The van der Waals surface area contributed by atoms with Crippen LogP contribution in [0, 0.1) is 17.2 Å². The molecule has 1 heterocycles. The number of hydrogen-bond acceptors (Lipinski definition) is 4. The first-order chi connectivity index (χ1) is 11.1. The first-order valence-corrected chi connectivity index (χ1v) is 8.09. The van der Waals surface area contributed by atoms with Gasteiger partial charge >= 0.3 is 0 Å². The van der Waals surface area contributed by atoms with Gasteiger partial charge in [-0.2, -0.15) is 5.26 Å². The Morgan fingerprint density at radius 2 is 2.13 bits per heavy atom. The van der Waals surface area contributed by atoms with Crippen LogP contribution in [-0.4, -0.2) is 24.6 Å². The smallest absolute Gasteiger partial charge is 0.249 e. The maximum atomic E-state index is 12.1. The third-order valence-electron chi connectivity index (χ3n) is 3.97. The maximum absolute atomic E-state index is 12.1. The van der Waals surface area contributed by atoms with Crippen LogP contribution in [0.15, 0.2) is 30.3 Å². The molecule has 2 rings (SSSR count). The molecule has 0 bridgehead atoms. The Balaban J connectivity index is 2.13. The predicted molar refractivity (Wildman–Crippen MR) is 93.7 cm³/mol. The summed E-state index contributed by atoms with van der Waals surface area (Å²) in [6, 6.07) is 9.42. The van der Waals surface area contributed by atoms with Gasteiger partial charge < -0.3 is 10.1 Å². The van der Waals surface area contributed by atoms with Crippen LogP contribution in [0.2, 0.25) is 0 Å². The summed E-state index contributed by atoms with van der Waals surface area (Å²) in [5, 5.41) is 11.7. The Kier molecular flexibility index (Phi) is 6.45. The average Bonchev–Trinajstić information content (AvgIpc) is 2.55. The molecule has 1 atom stereocenters. The number of benzene rings is 1. The second-order valence-corrected chi connectivity index (χ2v) is 6.02. The summed E-state index contributed by atoms with van der Waals surface area (Å²) in [5.74, 6) is 0.0111. The minimum absolute atomic E-state index is 0.175. The topological polar surface area (TPSA) is 62.1 Å². The highest BCUT2D eigenvalue weighted by Gasteiger charge is 2.20. The largest absolute Gasteiger partial charge is 0.385 e. The van der Waals surface area contributed by atoms with Crippen LogP contribution in [0.5, 0.6) is 0 Å². The highest BCUT2D eigenvalue weighted by atomic mass is 32.1. The molecule has 1 aliphatic rings. The zero-order valence-electron chi connectivity index (χ0n) is 13.2. The van der Waals surface area contributed by atoms with Gasteiger partial charge in [0.05, 0.1) is 16.6 Å². The predicted octanol–water partition coefficient (Wildman–Crippen LogP) is 3.22. The molecule has 23 heavy (non-hydrogen) atoms. The fourth-order valence-electron chi connectivity index (χ4n) is 2.69. The summed E-state index contributed by atoms with van der Waals surface area (Å²) < 4.78 is 5.09. The SMILES string of the molecule is COCCCC1CCC(c2ccc(C#N)cc2)=CC(=O)NC1=S. The monoisotopic (exact) mass is 328 g/mol. The second kappa shape index (κ2) is 8.56. The number of methoxy groups -OCH3 is 1. The molecular formula is C18H20N2O2S. The van der Waals surface area contributed by atoms with Gasteiger partial charge in [0.2, 0.25) is 5.91 Å². The minimum Gasteiger partial charge on any atom is -0.385 e. The fourth-order valence-corrected chi connectivity index (χ4v) is 3.02. The molecule has 120 valence electrons. The highest BCUT2D eigenvalue weighted by molar-refractivity contribution is 7.80. The van der Waals surface area contributed by atoms with Gasteiger partial charge in [0, 0.05) is 25.7 Å². The molecule has 1 unspecified atom stereocenters. The van der Waals surface area contributed by atoms with Crippen LogP contribution >= 0.6 is 12.2 Å². The summed E-state index contributed by atoms with van der Waals surface area (Å²) >= 11 is 5.35. The van der Waals surface area contributed by atoms with Crippen LogP contribution in [0.4, 0.5) is 0 Å². The molecule has 4 nitrogen and oxygen atoms in total. The van der Waals surface area contributed by atoms with Crippen molar-refractivity contribution in [2.45, 2.75) is 25.7 Å². The Bertz CT molecular complexity index is 644. The van der Waals surface area contributed by atoms with Gasteiger partial charge in [0.25, 0.3) is 0 Å². The standard InChI is InChI=1S/C18H20N2O2S/c1-22-10-2-3-15-8-9-16(11-17(21)20-18(15)23)14-6-4-13(12-19)5-7-14/h4-7,11,15H,2-3,8-10H2,1H3,(H,20,21,23). The zero-order chi connectivity index (χ0) is 16.7. The van der Waals surface area contributed by atoms with E-state index in [0.717, 1.165) is 36.8 Å². The number of carbonyl (C=O) groups excluding carboxylic acids is 1. The van der Waals surface area contributed by atoms with E-state index in [1.165, 1.54) is 0 Å². The fraction of sp³-hybridized carbons (Fsp3) is 0.389. The number of nitrogens with zero attached hydrogens (tertiary/aromatic N) is 1. The lowest BCUT2D eigenvalue weighted by Crippen LogP contribution is -2.34. The Morgan fingerprint density at radius 3 is 2.78 bits per heavy atom. The Labute approximate surface area is 142 Å². The van der Waals surface area contributed by atoms with Crippen LogP contribution in [0.25, 0.3) is 5.57 Å². The van der Waals surface area contributed by atoms with Gasteiger partial charge in [-0.25, -0.2) is 0 Å². The van der Waals surface area contributed by atoms with Gasteiger partial charge in [-0.1, -0.05) is 24.4 Å². The van der Waals surface area contributed by atoms with Crippen LogP contribution in [0.1, 0.15) is 36.8 Å². The van der Waals surface area contributed by atoms with E-state index in [0.29, 0.717) is 17.2 Å². The van der Waals surface area contributed by atoms with E-state index in [-0.39, 0.29) is 11.8 Å². The number of carbonyl (C=O) groups is 1. The number of nitrogens with one attached hydrogen (secondary N) is 1. The molecule has 1 N–H and O–H groups in total. The average molecular weight is 328 g/mol. The van der Waals surface area contributed by atoms with Crippen molar-refractivity contribution in [1.29, 1.82) is 5.26 Å². The highest BCUT2D eigenvalue weighted by Crippen LogP contribution is 2.26. The maximum Gasteiger partial charge on any atom is 0.249 e. The molecule has 0 radical (unpaired) electrons. The van der Waals surface area contributed by atoms with Gasteiger partial charge in [0.15, 0.2) is 0 Å². The molecule has 0 aliphatic carbocycles. The number of amides is 1. The zero-order valence-corrected chi connectivity index (χ0v) is 14.0. The van der Waals surface area contributed by atoms with Crippen molar-refractivity contribution in [2.75, 3.05) is 13.7 Å². The van der Waals surface area contributed by atoms with E-state index in [2.05, 4.69) is 11.4 Å². The number of allylic oxidation sites excluding steroid dienone is 1. The third kappa shape index (κ3) is 4.98. The van der Waals surface area contributed by atoms with E-state index in [1.54, 1.807) is 25.3 Å². The van der Waals surface area contributed by atoms with Crippen LogP contribution in [-0.2, 0) is 9.53 Å². The van der Waals surface area contributed by atoms with Crippen molar-refractivity contribution in [1.82, 2.24) is 5.32 Å². The van der Waals surface area contributed by atoms with Crippen molar-refractivity contribution in [3.8, 4) is 6.07 Å². The Morgan fingerprint density at radius 1 is 1.39 bits per heavy atom. The van der Waals surface area contributed by atoms with E-state index < -0.39 is 0 Å². The molecule has 1 aromatic carbocycles. The molecule has 0 fully saturated rings. The van der Waals surface area contributed by atoms with E-state index in [4.69, 9.17) is 22.2 Å². The third-order valence-corrected chi connectivity index (χ3v) is 4.41. The van der Waals surface area contributed by atoms with Gasteiger partial charge in [-0.15, -0.1) is 0 Å². The number of thiocarbonyl (C=S) groups is 1. The molecule has 0 saturated carbocycles. The minimum atomic E-state index is -0.175. The quantitative estimate of drug-likeness (QED) is 0.666. The van der Waals surface area contributed by atoms with Crippen molar-refractivity contribution >= 4 is 28.7 Å². The van der Waals surface area contributed by atoms with Crippen molar-refractivity contribution in [3.05, 3.63) is 41.5 Å². The number of rotatable bonds is 5. The second-order valence-electron chi connectivity index (χ2n) is 5.58. The van der Waals surface area contributed by atoms with Gasteiger partial charge in [-0.3, -0.25) is 4.79 Å². The van der Waals surface area contributed by atoms with Gasteiger partial charge in [0.1, 0.15) is 0 Å². The molecule has 0 saturated heterocycles. The molecule has 1 amide bonds. The Hall–Kier alpha value is -2.03.